The second kappa shape index (κ2) is 3.11. The van der Waals surface area contributed by atoms with E-state index in [-0.39, 0.29) is 5.41 Å². The van der Waals surface area contributed by atoms with E-state index in [1.165, 1.54) is 4.88 Å². The smallest absolute Gasteiger partial charge is 0.0904 e. The van der Waals surface area contributed by atoms with Gasteiger partial charge in [-0.25, -0.2) is 4.98 Å². The van der Waals surface area contributed by atoms with E-state index in [1.54, 1.807) is 11.3 Å². The SMILES string of the molecule is C#CC1(C)C=CC=Cc2sc(C)nc21. The number of aryl methyl sites for hydroxylation is 1. The summed E-state index contributed by atoms with van der Waals surface area (Å²) >= 11 is 1.69. The summed E-state index contributed by atoms with van der Waals surface area (Å²) in [6.07, 6.45) is 13.7. The van der Waals surface area contributed by atoms with Gasteiger partial charge in [-0.1, -0.05) is 24.1 Å². The molecule has 0 saturated carbocycles. The molecule has 0 radical (unpaired) electrons. The summed E-state index contributed by atoms with van der Waals surface area (Å²) in [6.45, 7) is 4.03. The topological polar surface area (TPSA) is 12.9 Å². The lowest BCUT2D eigenvalue weighted by Gasteiger charge is -2.16. The summed E-state index contributed by atoms with van der Waals surface area (Å²) in [5.41, 5.74) is 0.649. The molecule has 0 amide bonds. The summed E-state index contributed by atoms with van der Waals surface area (Å²) in [4.78, 5) is 5.68. The third-order valence-corrected chi connectivity index (χ3v) is 3.28. The van der Waals surface area contributed by atoms with E-state index in [9.17, 15) is 0 Å². The highest BCUT2D eigenvalue weighted by Gasteiger charge is 2.27. The van der Waals surface area contributed by atoms with Crippen molar-refractivity contribution in [3.8, 4) is 12.3 Å². The molecule has 1 heterocycles. The van der Waals surface area contributed by atoms with E-state index in [1.807, 2.05) is 32.1 Å². The molecule has 1 unspecified atom stereocenters. The van der Waals surface area contributed by atoms with Crippen molar-refractivity contribution in [3.05, 3.63) is 33.8 Å². The Morgan fingerprint density at radius 2 is 2.29 bits per heavy atom. The maximum atomic E-state index is 5.57. The van der Waals surface area contributed by atoms with Gasteiger partial charge >= 0.3 is 0 Å². The Labute approximate surface area is 88.2 Å². The van der Waals surface area contributed by atoms with Crippen molar-refractivity contribution in [1.29, 1.82) is 0 Å². The molecule has 2 heteroatoms. The molecule has 1 nitrogen and oxygen atoms in total. The van der Waals surface area contributed by atoms with Crippen molar-refractivity contribution < 1.29 is 0 Å². The first-order valence-corrected chi connectivity index (χ1v) is 5.29. The van der Waals surface area contributed by atoms with Gasteiger partial charge in [0, 0.05) is 0 Å². The first-order valence-electron chi connectivity index (χ1n) is 4.47. The summed E-state index contributed by atoms with van der Waals surface area (Å²) in [5.74, 6) is 2.81. The molecule has 1 aromatic heterocycles. The second-order valence-corrected chi connectivity index (χ2v) is 4.75. The predicted octanol–water partition coefficient (Wildman–Crippen LogP) is 2.93. The molecule has 0 bridgehead atoms. The van der Waals surface area contributed by atoms with Gasteiger partial charge in [0.25, 0.3) is 0 Å². The summed E-state index contributed by atoms with van der Waals surface area (Å²) in [7, 11) is 0. The number of hydrogen-bond donors (Lipinski definition) is 0. The molecule has 70 valence electrons. The van der Waals surface area contributed by atoms with Crippen LogP contribution in [0.2, 0.25) is 0 Å². The predicted molar refractivity (Wildman–Crippen MR) is 61.2 cm³/mol. The molecule has 0 spiro atoms. The number of hydrogen-bond acceptors (Lipinski definition) is 2. The van der Waals surface area contributed by atoms with Crippen LogP contribution in [0.25, 0.3) is 6.08 Å². The normalized spacial score (nSPS) is 24.1. The molecular formula is C12H11NS. The first kappa shape index (κ1) is 9.23. The van der Waals surface area contributed by atoms with Crippen LogP contribution >= 0.6 is 11.3 Å². The quantitative estimate of drug-likeness (QED) is 0.588. The van der Waals surface area contributed by atoms with Gasteiger partial charge in [-0.05, 0) is 19.9 Å². The van der Waals surface area contributed by atoms with E-state index >= 15 is 0 Å². The molecule has 14 heavy (non-hydrogen) atoms. The highest BCUT2D eigenvalue weighted by atomic mass is 32.1. The second-order valence-electron chi connectivity index (χ2n) is 3.51. The van der Waals surface area contributed by atoms with Crippen molar-refractivity contribution in [2.75, 3.05) is 0 Å². The zero-order valence-corrected chi connectivity index (χ0v) is 9.06. The van der Waals surface area contributed by atoms with E-state index in [0.717, 1.165) is 10.7 Å². The largest absolute Gasteiger partial charge is 0.244 e. The lowest BCUT2D eigenvalue weighted by molar-refractivity contribution is 0.757. The lowest BCUT2D eigenvalue weighted by atomic mass is 9.87. The molecule has 1 aliphatic rings. The minimum absolute atomic E-state index is 0.358. The minimum Gasteiger partial charge on any atom is -0.244 e. The third kappa shape index (κ3) is 1.30. The molecule has 0 aromatic carbocycles. The van der Waals surface area contributed by atoms with Crippen LogP contribution in [0.3, 0.4) is 0 Å². The van der Waals surface area contributed by atoms with Crippen molar-refractivity contribution in [1.82, 2.24) is 4.98 Å². The maximum absolute atomic E-state index is 5.57. The fraction of sp³-hybridized carbons (Fsp3) is 0.250. The van der Waals surface area contributed by atoms with E-state index in [4.69, 9.17) is 6.42 Å². The number of terminal acetylenes is 1. The standard InChI is InChI=1S/C12H11NS/c1-4-12(3)8-6-5-7-10-11(12)13-9(2)14-10/h1,5-8H,2-3H3. The van der Waals surface area contributed by atoms with E-state index < -0.39 is 0 Å². The number of nitrogens with zero attached hydrogens (tertiary/aromatic N) is 1. The Bertz CT molecular complexity index is 459. The van der Waals surface area contributed by atoms with Crippen LogP contribution in [0.4, 0.5) is 0 Å². The van der Waals surface area contributed by atoms with Gasteiger partial charge in [0.1, 0.15) is 0 Å². The third-order valence-electron chi connectivity index (χ3n) is 2.34. The first-order chi connectivity index (χ1) is 6.65. The van der Waals surface area contributed by atoms with Crippen LogP contribution in [0.1, 0.15) is 22.5 Å². The molecule has 0 N–H and O–H groups in total. The minimum atomic E-state index is -0.358. The van der Waals surface area contributed by atoms with Gasteiger partial charge in [0.2, 0.25) is 0 Å². The van der Waals surface area contributed by atoms with Crippen molar-refractivity contribution in [3.63, 3.8) is 0 Å². The Kier molecular flexibility index (Phi) is 2.05. The van der Waals surface area contributed by atoms with Gasteiger partial charge < -0.3 is 0 Å². The summed E-state index contributed by atoms with van der Waals surface area (Å²) in [6, 6.07) is 0. The average molecular weight is 201 g/mol. The molecule has 0 saturated heterocycles. The zero-order valence-electron chi connectivity index (χ0n) is 8.24. The number of fused-ring (bicyclic) bond motifs is 1. The van der Waals surface area contributed by atoms with Crippen LogP contribution in [0.15, 0.2) is 18.2 Å². The Morgan fingerprint density at radius 3 is 3.00 bits per heavy atom. The van der Waals surface area contributed by atoms with Crippen LogP contribution in [-0.2, 0) is 5.41 Å². The molecule has 0 aliphatic heterocycles. The van der Waals surface area contributed by atoms with Crippen LogP contribution in [0.5, 0.6) is 0 Å². The number of thiazole rings is 1. The van der Waals surface area contributed by atoms with Crippen LogP contribution < -0.4 is 0 Å². The molecule has 2 rings (SSSR count). The highest BCUT2D eigenvalue weighted by Crippen LogP contribution is 2.33. The van der Waals surface area contributed by atoms with Crippen LogP contribution in [0, 0.1) is 19.3 Å². The average Bonchev–Trinajstić information content (AvgIpc) is 2.48. The van der Waals surface area contributed by atoms with Gasteiger partial charge in [-0.3, -0.25) is 0 Å². The maximum Gasteiger partial charge on any atom is 0.0904 e. The Balaban J connectivity index is 2.67. The van der Waals surface area contributed by atoms with Crippen molar-refractivity contribution in [2.24, 2.45) is 0 Å². The van der Waals surface area contributed by atoms with Gasteiger partial charge in [0.05, 0.1) is 21.0 Å². The number of allylic oxidation sites excluding steroid dienone is 3. The highest BCUT2D eigenvalue weighted by molar-refractivity contribution is 7.12. The fourth-order valence-electron chi connectivity index (χ4n) is 1.51. The van der Waals surface area contributed by atoms with Crippen molar-refractivity contribution >= 4 is 17.4 Å². The molecular weight excluding hydrogens is 190 g/mol. The summed E-state index contributed by atoms with van der Waals surface area (Å²) < 4.78 is 0. The molecule has 0 fully saturated rings. The number of aromatic nitrogens is 1. The zero-order chi connectivity index (χ0) is 10.2. The van der Waals surface area contributed by atoms with E-state index in [0.29, 0.717) is 0 Å². The Hall–Kier alpha value is -1.33. The number of rotatable bonds is 0. The monoisotopic (exact) mass is 201 g/mol. The lowest BCUT2D eigenvalue weighted by Crippen LogP contribution is -2.17. The van der Waals surface area contributed by atoms with E-state index in [2.05, 4.69) is 17.0 Å². The molecule has 1 atom stereocenters. The van der Waals surface area contributed by atoms with Gasteiger partial charge in [-0.2, -0.15) is 0 Å². The van der Waals surface area contributed by atoms with Gasteiger partial charge in [-0.15, -0.1) is 17.8 Å². The van der Waals surface area contributed by atoms with Gasteiger partial charge in [0.15, 0.2) is 0 Å². The fourth-order valence-corrected chi connectivity index (χ4v) is 2.47. The van der Waals surface area contributed by atoms with Crippen LogP contribution in [-0.4, -0.2) is 4.98 Å². The molecule has 1 aliphatic carbocycles. The Morgan fingerprint density at radius 1 is 1.50 bits per heavy atom. The summed E-state index contributed by atoms with van der Waals surface area (Å²) in [5, 5.41) is 1.07. The van der Waals surface area contributed by atoms with Crippen molar-refractivity contribution in [2.45, 2.75) is 19.3 Å². The molecule has 1 aromatic rings.